The van der Waals surface area contributed by atoms with Crippen molar-refractivity contribution in [2.45, 2.75) is 72.5 Å². The molecule has 1 N–H and O–H groups in total. The van der Waals surface area contributed by atoms with Crippen molar-refractivity contribution in [2.75, 3.05) is 24.2 Å². The number of carbonyl (C=O) groups is 2. The molecule has 37 heavy (non-hydrogen) atoms. The molecule has 0 fully saturated rings. The number of nitrogens with one attached hydrogen (secondary N) is 1. The Bertz CT molecular complexity index is 1180. The molecule has 0 bridgehead atoms. The molecule has 0 aliphatic rings. The second kappa shape index (κ2) is 13.5. The van der Waals surface area contributed by atoms with Crippen LogP contribution in [0.25, 0.3) is 0 Å². The smallest absolute Gasteiger partial charge is 0.243 e. The maximum absolute atomic E-state index is 13.5. The van der Waals surface area contributed by atoms with Crippen molar-refractivity contribution in [3.63, 3.8) is 0 Å². The van der Waals surface area contributed by atoms with Crippen molar-refractivity contribution < 1.29 is 22.7 Å². The van der Waals surface area contributed by atoms with Gasteiger partial charge in [-0.05, 0) is 75.4 Å². The zero-order valence-corrected chi connectivity index (χ0v) is 23.9. The molecule has 2 aromatic rings. The van der Waals surface area contributed by atoms with E-state index < -0.39 is 16.1 Å². The van der Waals surface area contributed by atoms with Gasteiger partial charge in [-0.15, -0.1) is 0 Å². The third-order valence-electron chi connectivity index (χ3n) is 6.30. The van der Waals surface area contributed by atoms with E-state index in [1.165, 1.54) is 10.6 Å². The maximum Gasteiger partial charge on any atom is 0.243 e. The van der Waals surface area contributed by atoms with E-state index in [4.69, 9.17) is 4.74 Å². The molecule has 0 aromatic heterocycles. The van der Waals surface area contributed by atoms with Gasteiger partial charge in [0.2, 0.25) is 21.8 Å². The number of benzene rings is 2. The summed E-state index contributed by atoms with van der Waals surface area (Å²) < 4.78 is 31.9. The van der Waals surface area contributed by atoms with Crippen molar-refractivity contribution in [3.05, 3.63) is 59.2 Å². The summed E-state index contributed by atoms with van der Waals surface area (Å²) in [4.78, 5) is 28.1. The number of ether oxygens (including phenoxy) is 1. The fourth-order valence-electron chi connectivity index (χ4n) is 4.26. The number of sulfonamides is 1. The number of hydrogen-bond acceptors (Lipinski definition) is 5. The molecule has 0 heterocycles. The van der Waals surface area contributed by atoms with Crippen molar-refractivity contribution in [2.24, 2.45) is 0 Å². The highest BCUT2D eigenvalue weighted by atomic mass is 32.2. The second-order valence-corrected chi connectivity index (χ2v) is 11.5. The first-order chi connectivity index (χ1) is 17.4. The first kappa shape index (κ1) is 30.2. The van der Waals surface area contributed by atoms with Gasteiger partial charge in [0.05, 0.1) is 19.1 Å². The molecule has 0 radical (unpaired) electrons. The average Bonchev–Trinajstić information content (AvgIpc) is 2.82. The van der Waals surface area contributed by atoms with Crippen molar-refractivity contribution in [1.29, 1.82) is 0 Å². The van der Waals surface area contributed by atoms with E-state index in [1.54, 1.807) is 18.1 Å². The van der Waals surface area contributed by atoms with Crippen molar-refractivity contribution in [1.82, 2.24) is 10.2 Å². The molecule has 0 unspecified atom stereocenters. The van der Waals surface area contributed by atoms with Crippen LogP contribution in [-0.4, -0.2) is 57.1 Å². The Labute approximate surface area is 222 Å². The van der Waals surface area contributed by atoms with Gasteiger partial charge in [-0.1, -0.05) is 31.2 Å². The van der Waals surface area contributed by atoms with E-state index in [0.717, 1.165) is 16.7 Å². The van der Waals surface area contributed by atoms with Crippen LogP contribution in [0.4, 0.5) is 5.69 Å². The Morgan fingerprint density at radius 2 is 1.76 bits per heavy atom. The Kier molecular flexibility index (Phi) is 11.0. The zero-order chi connectivity index (χ0) is 27.8. The summed E-state index contributed by atoms with van der Waals surface area (Å²) in [5, 5.41) is 2.92. The van der Waals surface area contributed by atoms with Gasteiger partial charge in [0.1, 0.15) is 11.8 Å². The summed E-state index contributed by atoms with van der Waals surface area (Å²) >= 11 is 0. The molecule has 204 valence electrons. The van der Waals surface area contributed by atoms with Crippen LogP contribution in [0.3, 0.4) is 0 Å². The topological polar surface area (TPSA) is 96.0 Å². The maximum atomic E-state index is 13.5. The Balaban J connectivity index is 2.27. The largest absolute Gasteiger partial charge is 0.497 e. The monoisotopic (exact) mass is 531 g/mol. The minimum absolute atomic E-state index is 0.0591. The van der Waals surface area contributed by atoms with Gasteiger partial charge < -0.3 is 15.0 Å². The fraction of sp³-hybridized carbons (Fsp3) is 0.500. The van der Waals surface area contributed by atoms with Crippen LogP contribution in [0.2, 0.25) is 0 Å². The van der Waals surface area contributed by atoms with Crippen molar-refractivity contribution in [3.8, 4) is 5.75 Å². The van der Waals surface area contributed by atoms with Crippen LogP contribution in [-0.2, 0) is 26.2 Å². The van der Waals surface area contributed by atoms with Gasteiger partial charge in [-0.25, -0.2) is 8.42 Å². The lowest BCUT2D eigenvalue weighted by atomic mass is 10.1. The van der Waals surface area contributed by atoms with Gasteiger partial charge in [0, 0.05) is 25.6 Å². The fourth-order valence-corrected chi connectivity index (χ4v) is 5.27. The summed E-state index contributed by atoms with van der Waals surface area (Å²) in [7, 11) is -1.97. The van der Waals surface area contributed by atoms with E-state index in [1.807, 2.05) is 71.0 Å². The number of carbonyl (C=O) groups excluding carboxylic acids is 2. The Morgan fingerprint density at radius 1 is 1.08 bits per heavy atom. The summed E-state index contributed by atoms with van der Waals surface area (Å²) in [6.07, 6.45) is 2.05. The molecule has 2 aromatic carbocycles. The Hall–Kier alpha value is -3.07. The number of anilines is 1. The number of hydrogen-bond donors (Lipinski definition) is 1. The van der Waals surface area contributed by atoms with Gasteiger partial charge in [-0.3, -0.25) is 13.9 Å². The summed E-state index contributed by atoms with van der Waals surface area (Å²) in [5.74, 6) is 0.256. The van der Waals surface area contributed by atoms with E-state index in [-0.39, 0.29) is 37.4 Å². The standard InChI is InChI=1S/C28H41N3O5S/c1-8-25(28(33)29-20(2)3)30(19-23-13-10-14-24(18-23)36-6)27(32)16-11-17-31(37(7,34)35)26-15-9-12-21(4)22(26)5/h9-10,12-15,18,20,25H,8,11,16-17,19H2,1-7H3,(H,29,33)/t25-/m1/s1. The third kappa shape index (κ3) is 8.49. The molecule has 8 nitrogen and oxygen atoms in total. The highest BCUT2D eigenvalue weighted by Gasteiger charge is 2.29. The highest BCUT2D eigenvalue weighted by molar-refractivity contribution is 7.92. The lowest BCUT2D eigenvalue weighted by molar-refractivity contribution is -0.141. The molecular formula is C28H41N3O5S. The lowest BCUT2D eigenvalue weighted by Crippen LogP contribution is -2.50. The second-order valence-electron chi connectivity index (χ2n) is 9.62. The summed E-state index contributed by atoms with van der Waals surface area (Å²) in [6.45, 7) is 9.87. The van der Waals surface area contributed by atoms with E-state index >= 15 is 0 Å². The molecule has 9 heteroatoms. The van der Waals surface area contributed by atoms with E-state index in [2.05, 4.69) is 5.32 Å². The molecule has 0 saturated carbocycles. The highest BCUT2D eigenvalue weighted by Crippen LogP contribution is 2.26. The number of rotatable bonds is 13. The first-order valence-corrected chi connectivity index (χ1v) is 14.5. The molecule has 2 amide bonds. The van der Waals surface area contributed by atoms with Gasteiger partial charge in [0.25, 0.3) is 0 Å². The number of amides is 2. The number of nitrogens with zero attached hydrogens (tertiary/aromatic N) is 2. The molecule has 0 saturated heterocycles. The molecule has 0 aliphatic carbocycles. The van der Waals surface area contributed by atoms with Gasteiger partial charge >= 0.3 is 0 Å². The predicted octanol–water partition coefficient (Wildman–Crippen LogP) is 4.19. The first-order valence-electron chi connectivity index (χ1n) is 12.7. The predicted molar refractivity (Wildman–Crippen MR) is 148 cm³/mol. The molecule has 2 rings (SSSR count). The molecule has 0 spiro atoms. The third-order valence-corrected chi connectivity index (χ3v) is 7.48. The van der Waals surface area contributed by atoms with Crippen LogP contribution < -0.4 is 14.4 Å². The van der Waals surface area contributed by atoms with Gasteiger partial charge in [0.15, 0.2) is 0 Å². The van der Waals surface area contributed by atoms with Crippen LogP contribution >= 0.6 is 0 Å². The minimum atomic E-state index is -3.55. The summed E-state index contributed by atoms with van der Waals surface area (Å²) in [6, 6.07) is 12.3. The number of methoxy groups -OCH3 is 1. The Morgan fingerprint density at radius 3 is 2.35 bits per heavy atom. The zero-order valence-electron chi connectivity index (χ0n) is 23.1. The van der Waals surface area contributed by atoms with Crippen LogP contribution in [0.15, 0.2) is 42.5 Å². The van der Waals surface area contributed by atoms with Crippen molar-refractivity contribution >= 4 is 27.5 Å². The number of aryl methyl sites for hydroxylation is 1. The normalized spacial score (nSPS) is 12.2. The minimum Gasteiger partial charge on any atom is -0.497 e. The van der Waals surface area contributed by atoms with E-state index in [0.29, 0.717) is 24.3 Å². The lowest BCUT2D eigenvalue weighted by Gasteiger charge is -2.32. The quantitative estimate of drug-likeness (QED) is 0.418. The molecule has 1 atom stereocenters. The van der Waals surface area contributed by atoms with Crippen LogP contribution in [0.1, 0.15) is 56.7 Å². The van der Waals surface area contributed by atoms with Crippen LogP contribution in [0, 0.1) is 13.8 Å². The SMILES string of the molecule is CC[C@H](C(=O)NC(C)C)N(Cc1cccc(OC)c1)C(=O)CCCN(c1cccc(C)c1C)S(C)(=O)=O. The molecule has 0 aliphatic heterocycles. The van der Waals surface area contributed by atoms with Crippen LogP contribution in [0.5, 0.6) is 5.75 Å². The van der Waals surface area contributed by atoms with Gasteiger partial charge in [-0.2, -0.15) is 0 Å². The molecular weight excluding hydrogens is 490 g/mol. The average molecular weight is 532 g/mol. The summed E-state index contributed by atoms with van der Waals surface area (Å²) in [5.41, 5.74) is 3.34. The van der Waals surface area contributed by atoms with E-state index in [9.17, 15) is 18.0 Å².